The highest BCUT2D eigenvalue weighted by atomic mass is 16.2. The Labute approximate surface area is 139 Å². The van der Waals surface area contributed by atoms with Crippen molar-refractivity contribution >= 4 is 11.8 Å². The summed E-state index contributed by atoms with van der Waals surface area (Å²) in [5.41, 5.74) is 0.324. The summed E-state index contributed by atoms with van der Waals surface area (Å²) in [7, 11) is 0. The summed E-state index contributed by atoms with van der Waals surface area (Å²) in [5.74, 6) is -0.637. The molecule has 8 nitrogen and oxygen atoms in total. The summed E-state index contributed by atoms with van der Waals surface area (Å²) in [4.78, 5) is 37.7. The number of piperidine rings is 1. The molecule has 2 rings (SSSR count). The summed E-state index contributed by atoms with van der Waals surface area (Å²) in [6.07, 6.45) is 3.47. The van der Waals surface area contributed by atoms with Gasteiger partial charge in [-0.2, -0.15) is 5.26 Å². The normalized spacial score (nSPS) is 18.3. The fourth-order valence-electron chi connectivity index (χ4n) is 2.64. The Morgan fingerprint density at radius 3 is 3.00 bits per heavy atom. The monoisotopic (exact) mass is 331 g/mol. The van der Waals surface area contributed by atoms with Crippen LogP contribution in [0.4, 0.5) is 0 Å². The standard InChI is InChI=1S/C16H21N5O3/c17-8-13(7-11-3-1-5-19-15(11)23)21-14(22)10-18-9-12-4-2-6-20-16(12)24/h2,4,6,11,13,18H,1,3,5,7,9-10H2,(H,19,23)(H,20,24)(H,21,22)/t11?,13-/m0/s1. The number of hydrogen-bond acceptors (Lipinski definition) is 5. The van der Waals surface area contributed by atoms with Crippen molar-refractivity contribution in [1.29, 1.82) is 5.26 Å². The van der Waals surface area contributed by atoms with Gasteiger partial charge in [0, 0.05) is 30.8 Å². The number of hydrogen-bond donors (Lipinski definition) is 4. The van der Waals surface area contributed by atoms with Gasteiger partial charge in [0.2, 0.25) is 11.8 Å². The lowest BCUT2D eigenvalue weighted by Gasteiger charge is -2.23. The van der Waals surface area contributed by atoms with Crippen LogP contribution in [-0.2, 0) is 16.1 Å². The van der Waals surface area contributed by atoms with Crippen molar-refractivity contribution in [1.82, 2.24) is 20.9 Å². The molecule has 0 saturated carbocycles. The first-order valence-corrected chi connectivity index (χ1v) is 7.94. The Bertz CT molecular complexity index is 679. The van der Waals surface area contributed by atoms with E-state index in [1.54, 1.807) is 12.1 Å². The second kappa shape index (κ2) is 8.84. The zero-order chi connectivity index (χ0) is 17.4. The van der Waals surface area contributed by atoms with Crippen molar-refractivity contribution < 1.29 is 9.59 Å². The predicted molar refractivity (Wildman–Crippen MR) is 86.7 cm³/mol. The number of carbonyl (C=O) groups excluding carboxylic acids is 2. The fourth-order valence-corrected chi connectivity index (χ4v) is 2.64. The SMILES string of the molecule is N#C[C@H](CC1CCCNC1=O)NC(=O)CNCc1ccc[nH]c1=O. The molecular formula is C16H21N5O3. The van der Waals surface area contributed by atoms with Crippen LogP contribution in [0.2, 0.25) is 0 Å². The number of nitrogens with one attached hydrogen (secondary N) is 4. The molecule has 1 aliphatic rings. The molecule has 2 heterocycles. The van der Waals surface area contributed by atoms with E-state index >= 15 is 0 Å². The third-order valence-electron chi connectivity index (χ3n) is 3.91. The smallest absolute Gasteiger partial charge is 0.252 e. The molecule has 1 fully saturated rings. The molecule has 128 valence electrons. The van der Waals surface area contributed by atoms with Crippen molar-refractivity contribution in [3.8, 4) is 6.07 Å². The van der Waals surface area contributed by atoms with Gasteiger partial charge in [0.05, 0.1) is 12.6 Å². The first kappa shape index (κ1) is 17.7. The fraction of sp³-hybridized carbons (Fsp3) is 0.500. The van der Waals surface area contributed by atoms with Gasteiger partial charge in [-0.15, -0.1) is 0 Å². The van der Waals surface area contributed by atoms with Gasteiger partial charge >= 0.3 is 0 Å². The van der Waals surface area contributed by atoms with Crippen molar-refractivity contribution in [2.24, 2.45) is 5.92 Å². The van der Waals surface area contributed by atoms with Crippen LogP contribution in [-0.4, -0.2) is 35.9 Å². The summed E-state index contributed by atoms with van der Waals surface area (Å²) >= 11 is 0. The van der Waals surface area contributed by atoms with Crippen LogP contribution >= 0.6 is 0 Å². The molecule has 1 aliphatic heterocycles. The van der Waals surface area contributed by atoms with E-state index in [0.29, 0.717) is 18.5 Å². The topological polar surface area (TPSA) is 127 Å². The molecular weight excluding hydrogens is 310 g/mol. The molecule has 1 saturated heterocycles. The lowest BCUT2D eigenvalue weighted by Crippen LogP contribution is -2.44. The van der Waals surface area contributed by atoms with Gasteiger partial charge in [-0.05, 0) is 25.3 Å². The zero-order valence-electron chi connectivity index (χ0n) is 13.3. The first-order valence-electron chi connectivity index (χ1n) is 7.94. The van der Waals surface area contributed by atoms with E-state index in [2.05, 4.69) is 20.9 Å². The summed E-state index contributed by atoms with van der Waals surface area (Å²) < 4.78 is 0. The second-order valence-electron chi connectivity index (χ2n) is 5.74. The number of carbonyl (C=O) groups is 2. The lowest BCUT2D eigenvalue weighted by atomic mass is 9.92. The lowest BCUT2D eigenvalue weighted by molar-refractivity contribution is -0.127. The minimum atomic E-state index is -0.701. The number of nitrogens with zero attached hydrogens (tertiary/aromatic N) is 1. The van der Waals surface area contributed by atoms with Crippen molar-refractivity contribution in [2.75, 3.05) is 13.1 Å². The maximum atomic E-state index is 11.9. The van der Waals surface area contributed by atoms with Crippen LogP contribution in [0.5, 0.6) is 0 Å². The molecule has 2 atom stereocenters. The Balaban J connectivity index is 1.75. The zero-order valence-corrected chi connectivity index (χ0v) is 13.3. The Hall–Kier alpha value is -2.66. The molecule has 0 spiro atoms. The molecule has 24 heavy (non-hydrogen) atoms. The van der Waals surface area contributed by atoms with Gasteiger partial charge in [-0.1, -0.05) is 6.07 Å². The van der Waals surface area contributed by atoms with Crippen molar-refractivity contribution in [3.05, 3.63) is 34.2 Å². The average Bonchev–Trinajstić information content (AvgIpc) is 2.58. The van der Waals surface area contributed by atoms with E-state index in [9.17, 15) is 14.4 Å². The Morgan fingerprint density at radius 2 is 2.29 bits per heavy atom. The van der Waals surface area contributed by atoms with Crippen LogP contribution in [0, 0.1) is 17.2 Å². The third-order valence-corrected chi connectivity index (χ3v) is 3.91. The maximum Gasteiger partial charge on any atom is 0.252 e. The number of nitriles is 1. The molecule has 2 amide bonds. The van der Waals surface area contributed by atoms with E-state index < -0.39 is 6.04 Å². The van der Waals surface area contributed by atoms with Crippen LogP contribution in [0.3, 0.4) is 0 Å². The highest BCUT2D eigenvalue weighted by Gasteiger charge is 2.26. The largest absolute Gasteiger partial charge is 0.356 e. The molecule has 1 aromatic heterocycles. The van der Waals surface area contributed by atoms with Crippen molar-refractivity contribution in [3.63, 3.8) is 0 Å². The van der Waals surface area contributed by atoms with E-state index in [0.717, 1.165) is 12.8 Å². The quantitative estimate of drug-likeness (QED) is 0.530. The van der Waals surface area contributed by atoms with Gasteiger partial charge in [0.1, 0.15) is 6.04 Å². The number of aromatic amines is 1. The van der Waals surface area contributed by atoms with Crippen molar-refractivity contribution in [2.45, 2.75) is 31.8 Å². The molecule has 0 radical (unpaired) electrons. The van der Waals surface area contributed by atoms with Crippen LogP contribution in [0.15, 0.2) is 23.1 Å². The van der Waals surface area contributed by atoms with Crippen LogP contribution < -0.4 is 21.5 Å². The van der Waals surface area contributed by atoms with E-state index in [-0.39, 0.29) is 36.4 Å². The van der Waals surface area contributed by atoms with E-state index in [4.69, 9.17) is 5.26 Å². The summed E-state index contributed by atoms with van der Waals surface area (Å²) in [6.45, 7) is 0.913. The van der Waals surface area contributed by atoms with Crippen LogP contribution in [0.1, 0.15) is 24.8 Å². The predicted octanol–water partition coefficient (Wildman–Crippen LogP) is -0.611. The van der Waals surface area contributed by atoms with Gasteiger partial charge < -0.3 is 20.9 Å². The highest BCUT2D eigenvalue weighted by Crippen LogP contribution is 2.17. The van der Waals surface area contributed by atoms with Gasteiger partial charge in [-0.3, -0.25) is 14.4 Å². The molecule has 1 unspecified atom stereocenters. The maximum absolute atomic E-state index is 11.9. The number of aromatic nitrogens is 1. The van der Waals surface area contributed by atoms with E-state index in [1.807, 2.05) is 6.07 Å². The molecule has 0 aromatic carbocycles. The number of rotatable bonds is 7. The minimum Gasteiger partial charge on any atom is -0.356 e. The van der Waals surface area contributed by atoms with Crippen LogP contribution in [0.25, 0.3) is 0 Å². The van der Waals surface area contributed by atoms with Gasteiger partial charge in [-0.25, -0.2) is 0 Å². The van der Waals surface area contributed by atoms with Gasteiger partial charge in [0.15, 0.2) is 0 Å². The number of H-pyrrole nitrogens is 1. The Kier molecular flexibility index (Phi) is 6.51. The highest BCUT2D eigenvalue weighted by molar-refractivity contribution is 5.80. The Morgan fingerprint density at radius 1 is 1.46 bits per heavy atom. The number of amides is 2. The molecule has 0 aliphatic carbocycles. The second-order valence-corrected chi connectivity index (χ2v) is 5.74. The molecule has 4 N–H and O–H groups in total. The molecule has 1 aromatic rings. The molecule has 8 heteroatoms. The summed E-state index contributed by atoms with van der Waals surface area (Å²) in [6, 6.07) is 4.70. The first-order chi connectivity index (χ1) is 11.6. The minimum absolute atomic E-state index is 0.0105. The summed E-state index contributed by atoms with van der Waals surface area (Å²) in [5, 5.41) is 17.4. The molecule has 0 bridgehead atoms. The van der Waals surface area contributed by atoms with E-state index in [1.165, 1.54) is 6.20 Å². The average molecular weight is 331 g/mol. The third kappa shape index (κ3) is 5.21. The van der Waals surface area contributed by atoms with Gasteiger partial charge in [0.25, 0.3) is 5.56 Å². The number of pyridine rings is 1.